The number of hydrogen-bond acceptors (Lipinski definition) is 4. The predicted octanol–water partition coefficient (Wildman–Crippen LogP) is 5.64. The molecule has 5 rings (SSSR count). The number of aryl methyl sites for hydroxylation is 2. The summed E-state index contributed by atoms with van der Waals surface area (Å²) in [5, 5.41) is 2.09. The van der Waals surface area contributed by atoms with Gasteiger partial charge in [-0.05, 0) is 47.7 Å². The summed E-state index contributed by atoms with van der Waals surface area (Å²) in [6.45, 7) is 0.919. The minimum Gasteiger partial charge on any atom is -0.493 e. The standard InChI is InChI=1S/C22H18N2O2S/c1-25-18-12-15-9-10-24-14-23-21(20-8-5-11-27-20)22(24)17(15)13-19(18)26-16-6-3-2-4-7-16/h2-8,11-14H,9-10H2,1H3. The van der Waals surface area contributed by atoms with Gasteiger partial charge in [-0.3, -0.25) is 0 Å². The molecule has 134 valence electrons. The average molecular weight is 374 g/mol. The zero-order valence-corrected chi connectivity index (χ0v) is 15.7. The maximum absolute atomic E-state index is 6.14. The lowest BCUT2D eigenvalue weighted by Gasteiger charge is -2.22. The Morgan fingerprint density at radius 1 is 1.04 bits per heavy atom. The largest absolute Gasteiger partial charge is 0.493 e. The van der Waals surface area contributed by atoms with Crippen LogP contribution in [0, 0.1) is 0 Å². The highest BCUT2D eigenvalue weighted by Crippen LogP contribution is 2.43. The molecular formula is C22H18N2O2S. The SMILES string of the molecule is COc1cc2c(cc1Oc1ccccc1)-c1c(-c3cccs3)ncn1CC2. The highest BCUT2D eigenvalue weighted by Gasteiger charge is 2.24. The molecule has 2 aromatic heterocycles. The van der Waals surface area contributed by atoms with Crippen molar-refractivity contribution in [2.45, 2.75) is 13.0 Å². The lowest BCUT2D eigenvalue weighted by atomic mass is 9.96. The smallest absolute Gasteiger partial charge is 0.169 e. The van der Waals surface area contributed by atoms with Gasteiger partial charge >= 0.3 is 0 Å². The zero-order valence-electron chi connectivity index (χ0n) is 14.9. The molecule has 0 spiro atoms. The number of thiophene rings is 1. The number of hydrogen-bond donors (Lipinski definition) is 0. The molecule has 5 heteroatoms. The summed E-state index contributed by atoms with van der Waals surface area (Å²) in [4.78, 5) is 5.88. The van der Waals surface area contributed by atoms with Crippen molar-refractivity contribution in [2.24, 2.45) is 0 Å². The van der Waals surface area contributed by atoms with Crippen LogP contribution in [0.15, 0.2) is 66.3 Å². The summed E-state index contributed by atoms with van der Waals surface area (Å²) < 4.78 is 14.0. The third-order valence-electron chi connectivity index (χ3n) is 4.83. The first kappa shape index (κ1) is 16.1. The summed E-state index contributed by atoms with van der Waals surface area (Å²) in [7, 11) is 1.68. The van der Waals surface area contributed by atoms with Crippen LogP contribution in [-0.4, -0.2) is 16.7 Å². The highest BCUT2D eigenvalue weighted by atomic mass is 32.1. The van der Waals surface area contributed by atoms with Crippen molar-refractivity contribution in [1.29, 1.82) is 0 Å². The Morgan fingerprint density at radius 3 is 2.70 bits per heavy atom. The van der Waals surface area contributed by atoms with Crippen LogP contribution >= 0.6 is 11.3 Å². The second-order valence-corrected chi connectivity index (χ2v) is 7.39. The minimum atomic E-state index is 0.717. The minimum absolute atomic E-state index is 0.717. The summed E-state index contributed by atoms with van der Waals surface area (Å²) >= 11 is 1.71. The molecule has 0 aliphatic carbocycles. The number of imidazole rings is 1. The van der Waals surface area contributed by atoms with Crippen molar-refractivity contribution in [3.8, 4) is 39.1 Å². The number of rotatable bonds is 4. The molecule has 0 atom stereocenters. The Morgan fingerprint density at radius 2 is 1.93 bits per heavy atom. The van der Waals surface area contributed by atoms with Crippen molar-refractivity contribution in [2.75, 3.05) is 7.11 Å². The third kappa shape index (κ3) is 2.80. The summed E-state index contributed by atoms with van der Waals surface area (Å²) in [5.74, 6) is 2.26. The number of nitrogens with zero attached hydrogens (tertiary/aromatic N) is 2. The molecule has 0 N–H and O–H groups in total. The van der Waals surface area contributed by atoms with E-state index in [0.29, 0.717) is 5.75 Å². The number of aromatic nitrogens is 2. The van der Waals surface area contributed by atoms with Crippen molar-refractivity contribution in [1.82, 2.24) is 9.55 Å². The molecule has 4 aromatic rings. The summed E-state index contributed by atoms with van der Waals surface area (Å²) in [6, 6.07) is 18.2. The van der Waals surface area contributed by atoms with Gasteiger partial charge in [-0.1, -0.05) is 24.3 Å². The van der Waals surface area contributed by atoms with E-state index in [1.54, 1.807) is 18.4 Å². The van der Waals surface area contributed by atoms with Gasteiger partial charge in [0.05, 0.1) is 24.0 Å². The fraction of sp³-hybridized carbons (Fsp3) is 0.136. The van der Waals surface area contributed by atoms with Gasteiger partial charge < -0.3 is 14.0 Å². The second kappa shape index (κ2) is 6.59. The van der Waals surface area contributed by atoms with Crippen LogP contribution in [0.1, 0.15) is 5.56 Å². The Bertz CT molecular complexity index is 1090. The summed E-state index contributed by atoms with van der Waals surface area (Å²) in [6.07, 6.45) is 2.89. The van der Waals surface area contributed by atoms with Crippen LogP contribution in [-0.2, 0) is 13.0 Å². The molecule has 2 aromatic carbocycles. The van der Waals surface area contributed by atoms with Crippen LogP contribution in [0.5, 0.6) is 17.2 Å². The maximum atomic E-state index is 6.14. The van der Waals surface area contributed by atoms with Crippen molar-refractivity contribution >= 4 is 11.3 Å². The van der Waals surface area contributed by atoms with Crippen molar-refractivity contribution in [3.63, 3.8) is 0 Å². The molecule has 1 aliphatic heterocycles. The quantitative estimate of drug-likeness (QED) is 0.464. The first-order valence-corrected chi connectivity index (χ1v) is 9.74. The van der Waals surface area contributed by atoms with Gasteiger partial charge in [0.15, 0.2) is 11.5 Å². The molecule has 0 fully saturated rings. The molecule has 4 nitrogen and oxygen atoms in total. The molecule has 0 saturated heterocycles. The predicted molar refractivity (Wildman–Crippen MR) is 108 cm³/mol. The van der Waals surface area contributed by atoms with Crippen LogP contribution in [0.2, 0.25) is 0 Å². The molecule has 27 heavy (non-hydrogen) atoms. The third-order valence-corrected chi connectivity index (χ3v) is 5.71. The number of para-hydroxylation sites is 1. The van der Waals surface area contributed by atoms with Gasteiger partial charge in [0.2, 0.25) is 0 Å². The monoisotopic (exact) mass is 374 g/mol. The van der Waals surface area contributed by atoms with Crippen LogP contribution in [0.4, 0.5) is 0 Å². The van der Waals surface area contributed by atoms with E-state index in [1.165, 1.54) is 10.4 Å². The average Bonchev–Trinajstić information content (AvgIpc) is 3.37. The fourth-order valence-corrected chi connectivity index (χ4v) is 4.27. The van der Waals surface area contributed by atoms with Gasteiger partial charge in [-0.25, -0.2) is 4.98 Å². The highest BCUT2D eigenvalue weighted by molar-refractivity contribution is 7.13. The Balaban J connectivity index is 1.65. The van der Waals surface area contributed by atoms with Crippen molar-refractivity contribution < 1.29 is 9.47 Å². The maximum Gasteiger partial charge on any atom is 0.169 e. The lowest BCUT2D eigenvalue weighted by Crippen LogP contribution is -2.10. The Labute approximate surface area is 161 Å². The number of ether oxygens (including phenoxy) is 2. The Hall–Kier alpha value is -3.05. The van der Waals surface area contributed by atoms with E-state index >= 15 is 0 Å². The van der Waals surface area contributed by atoms with E-state index in [-0.39, 0.29) is 0 Å². The van der Waals surface area contributed by atoms with E-state index in [9.17, 15) is 0 Å². The first-order chi connectivity index (χ1) is 13.3. The van der Waals surface area contributed by atoms with Gasteiger partial charge in [0.1, 0.15) is 11.4 Å². The molecule has 1 aliphatic rings. The number of benzene rings is 2. The van der Waals surface area contributed by atoms with E-state index in [1.807, 2.05) is 36.7 Å². The van der Waals surface area contributed by atoms with E-state index in [2.05, 4.69) is 34.2 Å². The van der Waals surface area contributed by atoms with Crippen LogP contribution < -0.4 is 9.47 Å². The topological polar surface area (TPSA) is 36.3 Å². The fourth-order valence-electron chi connectivity index (χ4n) is 3.55. The molecule has 0 unspecified atom stereocenters. The molecule has 0 amide bonds. The number of methoxy groups -OCH3 is 1. The van der Waals surface area contributed by atoms with E-state index in [4.69, 9.17) is 14.5 Å². The van der Waals surface area contributed by atoms with E-state index in [0.717, 1.165) is 41.4 Å². The van der Waals surface area contributed by atoms with Crippen LogP contribution in [0.25, 0.3) is 21.8 Å². The van der Waals surface area contributed by atoms with Gasteiger partial charge in [0.25, 0.3) is 0 Å². The molecule has 0 radical (unpaired) electrons. The molecule has 0 saturated carbocycles. The van der Waals surface area contributed by atoms with Crippen LogP contribution in [0.3, 0.4) is 0 Å². The zero-order chi connectivity index (χ0) is 18.2. The molecule has 3 heterocycles. The normalized spacial score (nSPS) is 12.3. The van der Waals surface area contributed by atoms with Crippen molar-refractivity contribution in [3.05, 3.63) is 71.9 Å². The Kier molecular flexibility index (Phi) is 3.94. The first-order valence-electron chi connectivity index (χ1n) is 8.86. The van der Waals surface area contributed by atoms with E-state index < -0.39 is 0 Å². The van der Waals surface area contributed by atoms with Gasteiger partial charge in [0, 0.05) is 12.1 Å². The van der Waals surface area contributed by atoms with Gasteiger partial charge in [-0.15, -0.1) is 11.3 Å². The van der Waals surface area contributed by atoms with Gasteiger partial charge in [-0.2, -0.15) is 0 Å². The summed E-state index contributed by atoms with van der Waals surface area (Å²) in [5.41, 5.74) is 4.60. The molecular weight excluding hydrogens is 356 g/mol. The molecule has 0 bridgehead atoms. The second-order valence-electron chi connectivity index (χ2n) is 6.44. The number of fused-ring (bicyclic) bond motifs is 3. The lowest BCUT2D eigenvalue weighted by molar-refractivity contribution is 0.378.